The van der Waals surface area contributed by atoms with Crippen LogP contribution in [0.1, 0.15) is 33.3 Å². The van der Waals surface area contributed by atoms with Crippen LogP contribution in [0.5, 0.6) is 0 Å². The van der Waals surface area contributed by atoms with E-state index in [1.807, 2.05) is 13.0 Å². The molecule has 0 aliphatic heterocycles. The van der Waals surface area contributed by atoms with E-state index in [0.717, 1.165) is 6.54 Å². The average Bonchev–Trinajstić information content (AvgIpc) is 2.64. The largest absolute Gasteiger partial charge is 0.392 e. The van der Waals surface area contributed by atoms with E-state index in [2.05, 4.69) is 55.1 Å². The number of hydrogen-bond acceptors (Lipinski definition) is 2. The molecule has 1 heterocycles. The van der Waals surface area contributed by atoms with Gasteiger partial charge in [0.1, 0.15) is 0 Å². The Morgan fingerprint density at radius 3 is 2.58 bits per heavy atom. The maximum atomic E-state index is 9.60. The molecule has 0 fully saturated rings. The lowest BCUT2D eigenvalue weighted by Crippen LogP contribution is -2.35. The van der Waals surface area contributed by atoms with Gasteiger partial charge in [-0.25, -0.2) is 0 Å². The molecule has 1 aromatic heterocycles. The number of aliphatic hydroxyl groups is 1. The number of para-hydroxylation sites is 1. The van der Waals surface area contributed by atoms with Crippen LogP contribution in [0.25, 0.3) is 10.9 Å². The van der Waals surface area contributed by atoms with Crippen LogP contribution in [-0.4, -0.2) is 21.3 Å². The fourth-order valence-electron chi connectivity index (χ4n) is 2.26. The zero-order valence-corrected chi connectivity index (χ0v) is 12.3. The maximum Gasteiger partial charge on any atom is 0.0691 e. The van der Waals surface area contributed by atoms with Crippen molar-refractivity contribution in [3.8, 4) is 0 Å². The molecule has 0 bridgehead atoms. The van der Waals surface area contributed by atoms with Crippen LogP contribution in [0.15, 0.2) is 30.5 Å². The van der Waals surface area contributed by atoms with Gasteiger partial charge in [-0.3, -0.25) is 0 Å². The van der Waals surface area contributed by atoms with Crippen LogP contribution in [0.3, 0.4) is 0 Å². The van der Waals surface area contributed by atoms with Crippen molar-refractivity contribution in [2.24, 2.45) is 0 Å². The summed E-state index contributed by atoms with van der Waals surface area (Å²) in [7, 11) is 0. The molecule has 0 spiro atoms. The lowest BCUT2D eigenvalue weighted by Gasteiger charge is -2.20. The summed E-state index contributed by atoms with van der Waals surface area (Å²) in [5.41, 5.74) is 2.58. The molecule has 0 saturated heterocycles. The first-order valence-electron chi connectivity index (χ1n) is 6.86. The SMILES string of the molecule is CC(O)Cn1cc(CNC(C)(C)C)c2ccccc21. The Labute approximate surface area is 115 Å². The monoisotopic (exact) mass is 260 g/mol. The van der Waals surface area contributed by atoms with Gasteiger partial charge in [-0.1, -0.05) is 18.2 Å². The van der Waals surface area contributed by atoms with E-state index < -0.39 is 0 Å². The number of hydrogen-bond donors (Lipinski definition) is 2. The van der Waals surface area contributed by atoms with E-state index in [9.17, 15) is 5.11 Å². The van der Waals surface area contributed by atoms with E-state index >= 15 is 0 Å². The van der Waals surface area contributed by atoms with Crippen molar-refractivity contribution in [1.29, 1.82) is 0 Å². The average molecular weight is 260 g/mol. The molecule has 3 nitrogen and oxygen atoms in total. The lowest BCUT2D eigenvalue weighted by atomic mass is 10.1. The number of nitrogens with zero attached hydrogens (tertiary/aromatic N) is 1. The molecule has 1 unspecified atom stereocenters. The van der Waals surface area contributed by atoms with Gasteiger partial charge in [0.2, 0.25) is 0 Å². The molecule has 0 aliphatic carbocycles. The van der Waals surface area contributed by atoms with Crippen LogP contribution < -0.4 is 5.32 Å². The molecule has 0 amide bonds. The molecule has 1 aromatic carbocycles. The third-order valence-electron chi connectivity index (χ3n) is 3.14. The van der Waals surface area contributed by atoms with Gasteiger partial charge in [-0.15, -0.1) is 0 Å². The van der Waals surface area contributed by atoms with Crippen LogP contribution in [0.4, 0.5) is 0 Å². The number of aromatic nitrogens is 1. The van der Waals surface area contributed by atoms with E-state index in [4.69, 9.17) is 0 Å². The topological polar surface area (TPSA) is 37.2 Å². The van der Waals surface area contributed by atoms with Gasteiger partial charge < -0.3 is 15.0 Å². The highest BCUT2D eigenvalue weighted by Crippen LogP contribution is 2.22. The van der Waals surface area contributed by atoms with E-state index in [-0.39, 0.29) is 11.6 Å². The normalized spacial score (nSPS) is 13.9. The first-order valence-corrected chi connectivity index (χ1v) is 6.86. The van der Waals surface area contributed by atoms with Crippen LogP contribution in [-0.2, 0) is 13.1 Å². The third-order valence-corrected chi connectivity index (χ3v) is 3.14. The number of benzene rings is 1. The van der Waals surface area contributed by atoms with Crippen LogP contribution >= 0.6 is 0 Å². The first kappa shape index (κ1) is 14.1. The van der Waals surface area contributed by atoms with Gasteiger partial charge in [-0.2, -0.15) is 0 Å². The number of aliphatic hydroxyl groups excluding tert-OH is 1. The zero-order valence-electron chi connectivity index (χ0n) is 12.3. The van der Waals surface area contributed by atoms with Crippen molar-refractivity contribution >= 4 is 10.9 Å². The fourth-order valence-corrected chi connectivity index (χ4v) is 2.26. The molecule has 3 heteroatoms. The molecule has 104 valence electrons. The molecule has 2 rings (SSSR count). The van der Waals surface area contributed by atoms with E-state index in [0.29, 0.717) is 6.54 Å². The Kier molecular flexibility index (Phi) is 3.97. The van der Waals surface area contributed by atoms with Gasteiger partial charge in [-0.05, 0) is 39.3 Å². The molecular weight excluding hydrogens is 236 g/mol. The molecule has 19 heavy (non-hydrogen) atoms. The molecule has 2 N–H and O–H groups in total. The molecule has 0 aliphatic rings. The molecule has 2 aromatic rings. The highest BCUT2D eigenvalue weighted by Gasteiger charge is 2.13. The summed E-state index contributed by atoms with van der Waals surface area (Å²) in [5, 5.41) is 14.4. The Hall–Kier alpha value is -1.32. The Bertz CT molecular complexity index is 549. The van der Waals surface area contributed by atoms with Crippen molar-refractivity contribution < 1.29 is 5.11 Å². The number of nitrogens with one attached hydrogen (secondary N) is 1. The third kappa shape index (κ3) is 3.58. The second kappa shape index (κ2) is 5.35. The summed E-state index contributed by atoms with van der Waals surface area (Å²) in [6.45, 7) is 9.81. The maximum absolute atomic E-state index is 9.60. The van der Waals surface area contributed by atoms with Crippen LogP contribution in [0.2, 0.25) is 0 Å². The van der Waals surface area contributed by atoms with Gasteiger partial charge in [0.05, 0.1) is 6.10 Å². The highest BCUT2D eigenvalue weighted by atomic mass is 16.3. The van der Waals surface area contributed by atoms with Crippen molar-refractivity contribution in [3.05, 3.63) is 36.0 Å². The van der Waals surface area contributed by atoms with Crippen LogP contribution in [0, 0.1) is 0 Å². The smallest absolute Gasteiger partial charge is 0.0691 e. The van der Waals surface area contributed by atoms with Crippen molar-refractivity contribution in [2.75, 3.05) is 0 Å². The Morgan fingerprint density at radius 1 is 1.26 bits per heavy atom. The van der Waals surface area contributed by atoms with Crippen molar-refractivity contribution in [1.82, 2.24) is 9.88 Å². The molecular formula is C16H24N2O. The minimum Gasteiger partial charge on any atom is -0.392 e. The lowest BCUT2D eigenvalue weighted by molar-refractivity contribution is 0.175. The number of fused-ring (bicyclic) bond motifs is 1. The fraction of sp³-hybridized carbons (Fsp3) is 0.500. The summed E-state index contributed by atoms with van der Waals surface area (Å²) in [6.07, 6.45) is 1.81. The van der Waals surface area contributed by atoms with E-state index in [1.165, 1.54) is 16.5 Å². The van der Waals surface area contributed by atoms with Crippen molar-refractivity contribution in [3.63, 3.8) is 0 Å². The van der Waals surface area contributed by atoms with Gasteiger partial charge >= 0.3 is 0 Å². The van der Waals surface area contributed by atoms with Gasteiger partial charge in [0.25, 0.3) is 0 Å². The summed E-state index contributed by atoms with van der Waals surface area (Å²) in [4.78, 5) is 0. The second-order valence-electron chi connectivity index (χ2n) is 6.28. The van der Waals surface area contributed by atoms with Gasteiger partial charge in [0, 0.05) is 35.7 Å². The standard InChI is InChI=1S/C16H24N2O/c1-12(19)10-18-11-13(9-17-16(2,3)4)14-7-5-6-8-15(14)18/h5-8,11-12,17,19H,9-10H2,1-4H3. The van der Waals surface area contributed by atoms with Gasteiger partial charge in [0.15, 0.2) is 0 Å². The Morgan fingerprint density at radius 2 is 1.95 bits per heavy atom. The van der Waals surface area contributed by atoms with E-state index in [1.54, 1.807) is 0 Å². The number of rotatable bonds is 4. The molecule has 0 radical (unpaired) electrons. The predicted octanol–water partition coefficient (Wildman–Crippen LogP) is 2.91. The zero-order chi connectivity index (χ0) is 14.0. The second-order valence-corrected chi connectivity index (χ2v) is 6.28. The van der Waals surface area contributed by atoms with Crippen molar-refractivity contribution in [2.45, 2.75) is 52.4 Å². The minimum atomic E-state index is -0.334. The summed E-state index contributed by atoms with van der Waals surface area (Å²) < 4.78 is 2.14. The molecule has 1 atom stereocenters. The molecule has 0 saturated carbocycles. The quantitative estimate of drug-likeness (QED) is 0.887. The minimum absolute atomic E-state index is 0.105. The first-order chi connectivity index (χ1) is 8.87. The summed E-state index contributed by atoms with van der Waals surface area (Å²) in [6, 6.07) is 8.36. The summed E-state index contributed by atoms with van der Waals surface area (Å²) >= 11 is 0. The highest BCUT2D eigenvalue weighted by molar-refractivity contribution is 5.83. The summed E-state index contributed by atoms with van der Waals surface area (Å²) in [5.74, 6) is 0. The predicted molar refractivity (Wildman–Crippen MR) is 80.2 cm³/mol. The Balaban J connectivity index is 2.33.